The SMILES string of the molecule is O=C([O-])c1cccc(NS(=O)(=O)c2ccc(Cc3ccc(S(=O)(=O)Nc4cccc(C(=O)[O-])c4)cc3)cc2)c1. The van der Waals surface area contributed by atoms with Crippen LogP contribution >= 0.6 is 0 Å². The van der Waals surface area contributed by atoms with Crippen molar-refractivity contribution in [1.29, 1.82) is 0 Å². The first-order valence-corrected chi connectivity index (χ1v) is 14.3. The van der Waals surface area contributed by atoms with Gasteiger partial charge in [-0.1, -0.05) is 48.5 Å². The van der Waals surface area contributed by atoms with E-state index >= 15 is 0 Å². The van der Waals surface area contributed by atoms with Crippen molar-refractivity contribution >= 4 is 43.4 Å². The van der Waals surface area contributed by atoms with Crippen LogP contribution in [0.1, 0.15) is 31.8 Å². The summed E-state index contributed by atoms with van der Waals surface area (Å²) < 4.78 is 55.5. The molecular formula is C27H20N2O8S2-2. The summed E-state index contributed by atoms with van der Waals surface area (Å²) in [6.07, 6.45) is 0.392. The summed E-state index contributed by atoms with van der Waals surface area (Å²) in [5, 5.41) is 22.0. The average Bonchev–Trinajstić information content (AvgIpc) is 2.89. The largest absolute Gasteiger partial charge is 0.545 e. The van der Waals surface area contributed by atoms with E-state index in [4.69, 9.17) is 0 Å². The van der Waals surface area contributed by atoms with E-state index in [1.165, 1.54) is 60.7 Å². The van der Waals surface area contributed by atoms with Gasteiger partial charge < -0.3 is 19.8 Å². The van der Waals surface area contributed by atoms with Crippen molar-refractivity contribution in [2.24, 2.45) is 0 Å². The maximum atomic E-state index is 12.7. The molecule has 0 amide bonds. The van der Waals surface area contributed by atoms with Crippen LogP contribution in [-0.4, -0.2) is 28.8 Å². The molecule has 39 heavy (non-hydrogen) atoms. The molecule has 12 heteroatoms. The zero-order chi connectivity index (χ0) is 28.2. The van der Waals surface area contributed by atoms with Gasteiger partial charge in [0.15, 0.2) is 0 Å². The predicted molar refractivity (Wildman–Crippen MR) is 139 cm³/mol. The summed E-state index contributed by atoms with van der Waals surface area (Å²) in [4.78, 5) is 22.0. The lowest BCUT2D eigenvalue weighted by Crippen LogP contribution is -2.22. The van der Waals surface area contributed by atoms with Crippen molar-refractivity contribution in [3.8, 4) is 0 Å². The number of rotatable bonds is 10. The molecule has 2 N–H and O–H groups in total. The van der Waals surface area contributed by atoms with Crippen molar-refractivity contribution in [3.63, 3.8) is 0 Å². The van der Waals surface area contributed by atoms with Gasteiger partial charge in [0, 0.05) is 11.4 Å². The minimum absolute atomic E-state index is 0.0274. The van der Waals surface area contributed by atoms with Gasteiger partial charge >= 0.3 is 0 Å². The lowest BCUT2D eigenvalue weighted by atomic mass is 10.1. The van der Waals surface area contributed by atoms with Gasteiger partial charge in [0.05, 0.1) is 21.7 Å². The molecule has 4 aromatic carbocycles. The van der Waals surface area contributed by atoms with Gasteiger partial charge in [-0.3, -0.25) is 9.44 Å². The van der Waals surface area contributed by atoms with E-state index in [-0.39, 0.29) is 32.3 Å². The fourth-order valence-electron chi connectivity index (χ4n) is 3.66. The van der Waals surface area contributed by atoms with Crippen LogP contribution < -0.4 is 19.7 Å². The summed E-state index contributed by atoms with van der Waals surface area (Å²) in [5.74, 6) is -2.85. The van der Waals surface area contributed by atoms with Crippen LogP contribution in [0.5, 0.6) is 0 Å². The zero-order valence-corrected chi connectivity index (χ0v) is 21.7. The Morgan fingerprint density at radius 2 is 0.923 bits per heavy atom. The van der Waals surface area contributed by atoms with E-state index < -0.39 is 32.0 Å². The molecule has 0 aromatic heterocycles. The Kier molecular flexibility index (Phi) is 7.70. The zero-order valence-electron chi connectivity index (χ0n) is 20.0. The van der Waals surface area contributed by atoms with Crippen molar-refractivity contribution in [3.05, 3.63) is 119 Å². The monoisotopic (exact) mass is 564 g/mol. The van der Waals surface area contributed by atoms with Gasteiger partial charge in [0.1, 0.15) is 0 Å². The molecule has 0 saturated heterocycles. The Morgan fingerprint density at radius 1 is 0.564 bits per heavy atom. The number of carboxylic acids is 2. The molecule has 0 unspecified atom stereocenters. The first-order valence-electron chi connectivity index (χ1n) is 11.3. The van der Waals surface area contributed by atoms with Gasteiger partial charge in [-0.25, -0.2) is 16.8 Å². The first-order chi connectivity index (χ1) is 18.4. The number of anilines is 2. The molecular weight excluding hydrogens is 544 g/mol. The van der Waals surface area contributed by atoms with Crippen LogP contribution in [0.25, 0.3) is 0 Å². The van der Waals surface area contributed by atoms with Crippen molar-refractivity contribution in [1.82, 2.24) is 0 Å². The molecule has 0 spiro atoms. The van der Waals surface area contributed by atoms with Gasteiger partial charge in [-0.15, -0.1) is 0 Å². The quantitative estimate of drug-likeness (QED) is 0.292. The minimum Gasteiger partial charge on any atom is -0.545 e. The summed E-state index contributed by atoms with van der Waals surface area (Å²) in [6, 6.07) is 22.6. The molecule has 10 nitrogen and oxygen atoms in total. The summed E-state index contributed by atoms with van der Waals surface area (Å²) >= 11 is 0. The van der Waals surface area contributed by atoms with Gasteiger partial charge in [0.25, 0.3) is 20.0 Å². The van der Waals surface area contributed by atoms with Gasteiger partial charge in [0.2, 0.25) is 0 Å². The van der Waals surface area contributed by atoms with Gasteiger partial charge in [-0.2, -0.15) is 0 Å². The van der Waals surface area contributed by atoms with Crippen molar-refractivity contribution in [2.45, 2.75) is 16.2 Å². The number of hydrogen-bond donors (Lipinski definition) is 2. The number of aromatic carboxylic acids is 2. The second-order valence-corrected chi connectivity index (χ2v) is 11.8. The molecule has 200 valence electrons. The smallest absolute Gasteiger partial charge is 0.261 e. The highest BCUT2D eigenvalue weighted by atomic mass is 32.2. The van der Waals surface area contributed by atoms with E-state index in [2.05, 4.69) is 9.44 Å². The predicted octanol–water partition coefficient (Wildman–Crippen LogP) is 1.61. The molecule has 0 aliphatic carbocycles. The third-order valence-electron chi connectivity index (χ3n) is 5.58. The molecule has 0 atom stereocenters. The number of sulfonamides is 2. The third kappa shape index (κ3) is 6.80. The molecule has 0 radical (unpaired) electrons. The van der Waals surface area contributed by atoms with Crippen molar-refractivity contribution < 1.29 is 36.6 Å². The summed E-state index contributed by atoms with van der Waals surface area (Å²) in [5.41, 5.74) is 1.37. The normalized spacial score (nSPS) is 11.5. The first kappa shape index (κ1) is 27.4. The summed E-state index contributed by atoms with van der Waals surface area (Å²) in [6.45, 7) is 0. The second-order valence-electron chi connectivity index (χ2n) is 8.41. The van der Waals surface area contributed by atoms with E-state index in [0.29, 0.717) is 6.42 Å². The number of hydrogen-bond acceptors (Lipinski definition) is 8. The van der Waals surface area contributed by atoms with Crippen LogP contribution in [-0.2, 0) is 26.5 Å². The average molecular weight is 565 g/mol. The van der Waals surface area contributed by atoms with Crippen LogP contribution in [0.15, 0.2) is 107 Å². The van der Waals surface area contributed by atoms with Crippen LogP contribution in [0.4, 0.5) is 11.4 Å². The molecule has 0 aliphatic heterocycles. The highest BCUT2D eigenvalue weighted by Gasteiger charge is 2.16. The molecule has 0 bridgehead atoms. The third-order valence-corrected chi connectivity index (χ3v) is 8.37. The summed E-state index contributed by atoms with van der Waals surface area (Å²) in [7, 11) is -7.95. The highest BCUT2D eigenvalue weighted by molar-refractivity contribution is 7.93. The molecule has 4 rings (SSSR count). The Balaban J connectivity index is 1.43. The Hall–Kier alpha value is -4.68. The lowest BCUT2D eigenvalue weighted by Gasteiger charge is -2.11. The standard InChI is InChI=1S/C27H22N2O8S2/c30-26(31)20-3-1-5-22(16-20)28-38(34,35)24-11-7-18(8-12-24)15-19-9-13-25(14-10-19)39(36,37)29-23-6-2-4-21(17-23)27(32)33/h1-14,16-17,28-29H,15H2,(H,30,31)(H,32,33)/p-2. The van der Waals surface area contributed by atoms with Crippen molar-refractivity contribution in [2.75, 3.05) is 9.44 Å². The van der Waals surface area contributed by atoms with E-state index in [0.717, 1.165) is 23.3 Å². The van der Waals surface area contributed by atoms with E-state index in [1.807, 2.05) is 0 Å². The van der Waals surface area contributed by atoms with Crippen LogP contribution in [0.3, 0.4) is 0 Å². The molecule has 4 aromatic rings. The number of carbonyl (C=O) groups is 2. The van der Waals surface area contributed by atoms with E-state index in [1.54, 1.807) is 24.3 Å². The Bertz CT molecular complexity index is 1620. The lowest BCUT2D eigenvalue weighted by molar-refractivity contribution is -0.256. The molecule has 0 fully saturated rings. The van der Waals surface area contributed by atoms with Crippen LogP contribution in [0, 0.1) is 0 Å². The number of benzene rings is 4. The Morgan fingerprint density at radius 3 is 1.26 bits per heavy atom. The Labute approximate surface area is 224 Å². The molecule has 0 aliphatic rings. The van der Waals surface area contributed by atoms with Crippen LogP contribution in [0.2, 0.25) is 0 Å². The highest BCUT2D eigenvalue weighted by Crippen LogP contribution is 2.21. The number of carbonyl (C=O) groups excluding carboxylic acids is 2. The maximum Gasteiger partial charge on any atom is 0.261 e. The van der Waals surface area contributed by atoms with Gasteiger partial charge in [-0.05, 0) is 77.2 Å². The number of carboxylic acid groups (broad SMARTS) is 2. The topological polar surface area (TPSA) is 173 Å². The second kappa shape index (κ2) is 11.0. The molecule has 0 heterocycles. The number of nitrogens with one attached hydrogen (secondary N) is 2. The van der Waals surface area contributed by atoms with E-state index in [9.17, 15) is 36.6 Å². The fraction of sp³-hybridized carbons (Fsp3) is 0.0370. The fourth-order valence-corrected chi connectivity index (χ4v) is 5.76. The molecule has 0 saturated carbocycles. The minimum atomic E-state index is -3.97. The maximum absolute atomic E-state index is 12.7.